The van der Waals surface area contributed by atoms with E-state index in [0.717, 1.165) is 5.56 Å². The highest BCUT2D eigenvalue weighted by molar-refractivity contribution is 7.85. The summed E-state index contributed by atoms with van der Waals surface area (Å²) in [5.74, 6) is 0.121. The number of phenols is 1. The molecular weight excluding hydrogens is 428 g/mol. The minimum atomic E-state index is -4.41. The van der Waals surface area contributed by atoms with Gasteiger partial charge in [-0.3, -0.25) is 4.55 Å². The molecule has 8 nitrogen and oxygen atoms in total. The Morgan fingerprint density at radius 1 is 0.688 bits per heavy atom. The van der Waals surface area contributed by atoms with Crippen LogP contribution in [0.2, 0.25) is 0 Å². The van der Waals surface area contributed by atoms with Crippen LogP contribution in [0.4, 0.5) is 22.7 Å². The van der Waals surface area contributed by atoms with Crippen molar-refractivity contribution in [1.29, 1.82) is 0 Å². The molecule has 0 amide bonds. The lowest BCUT2D eigenvalue weighted by Gasteiger charge is -2.07. The van der Waals surface area contributed by atoms with Crippen molar-refractivity contribution >= 4 is 43.6 Å². The predicted octanol–water partition coefficient (Wildman–Crippen LogP) is 6.93. The number of benzene rings is 4. The normalized spacial score (nSPS) is 12.2. The summed E-state index contributed by atoms with van der Waals surface area (Å²) in [6.45, 7) is 1.91. The van der Waals surface area contributed by atoms with Crippen LogP contribution >= 0.6 is 0 Å². The van der Waals surface area contributed by atoms with Gasteiger partial charge in [-0.1, -0.05) is 24.3 Å². The first-order valence-corrected chi connectivity index (χ1v) is 11.0. The fraction of sp³-hybridized carbons (Fsp3) is 0.0435. The monoisotopic (exact) mass is 446 g/mol. The number of nitrogens with zero attached hydrogens (tertiary/aromatic N) is 4. The Kier molecular flexibility index (Phi) is 5.76. The van der Waals surface area contributed by atoms with Crippen LogP contribution in [0.5, 0.6) is 5.75 Å². The molecule has 0 bridgehead atoms. The van der Waals surface area contributed by atoms with Crippen LogP contribution in [0, 0.1) is 6.92 Å². The van der Waals surface area contributed by atoms with Crippen LogP contribution in [0.15, 0.2) is 104 Å². The Balaban J connectivity index is 1.83. The molecule has 0 saturated heterocycles. The van der Waals surface area contributed by atoms with Gasteiger partial charge >= 0.3 is 0 Å². The third kappa shape index (κ3) is 4.69. The molecule has 2 N–H and O–H groups in total. The van der Waals surface area contributed by atoms with Crippen LogP contribution in [0.3, 0.4) is 0 Å². The van der Waals surface area contributed by atoms with Gasteiger partial charge in [0, 0.05) is 10.8 Å². The summed E-state index contributed by atoms with van der Waals surface area (Å²) in [4.78, 5) is -0.259. The lowest BCUT2D eigenvalue weighted by Crippen LogP contribution is -1.97. The summed E-state index contributed by atoms with van der Waals surface area (Å²) in [7, 11) is -4.41. The lowest BCUT2D eigenvalue weighted by atomic mass is 10.1. The Labute approximate surface area is 184 Å². The topological polar surface area (TPSA) is 124 Å². The Hall–Kier alpha value is -3.95. The number of fused-ring (bicyclic) bond motifs is 1. The third-order valence-corrected chi connectivity index (χ3v) is 5.59. The average Bonchev–Trinajstić information content (AvgIpc) is 2.77. The quantitative estimate of drug-likeness (QED) is 0.255. The summed E-state index contributed by atoms with van der Waals surface area (Å²) in [5.41, 5.74) is 3.05. The zero-order valence-electron chi connectivity index (χ0n) is 16.9. The SMILES string of the molecule is Cc1ccccc1N=Nc1ccc(N=Nc2ccc(O)cc2)c2ccc(S(=O)(=O)O)cc12. The van der Waals surface area contributed by atoms with Gasteiger partial charge in [-0.25, -0.2) is 0 Å². The number of phenolic OH excluding ortho intramolecular Hbond substituents is 1. The van der Waals surface area contributed by atoms with E-state index in [-0.39, 0.29) is 10.6 Å². The largest absolute Gasteiger partial charge is 0.508 e. The van der Waals surface area contributed by atoms with E-state index in [9.17, 15) is 18.1 Å². The number of aryl methyl sites for hydroxylation is 1. The van der Waals surface area contributed by atoms with Gasteiger partial charge in [-0.15, -0.1) is 10.2 Å². The van der Waals surface area contributed by atoms with Gasteiger partial charge in [0.2, 0.25) is 0 Å². The standard InChI is InChI=1S/C23H18N4O4S/c1-15-4-2-3-5-21(15)25-27-23-13-12-22(26-24-16-6-8-17(28)9-7-16)19-11-10-18(14-20(19)23)32(29,30)31/h2-14,28H,1H3,(H,29,30,31). The maximum Gasteiger partial charge on any atom is 0.294 e. The second-order valence-corrected chi connectivity index (χ2v) is 8.41. The molecule has 160 valence electrons. The first-order valence-electron chi connectivity index (χ1n) is 9.54. The van der Waals surface area contributed by atoms with E-state index in [1.54, 1.807) is 24.3 Å². The molecule has 0 aliphatic carbocycles. The molecule has 0 fully saturated rings. The van der Waals surface area contributed by atoms with Gasteiger partial charge < -0.3 is 5.11 Å². The van der Waals surface area contributed by atoms with E-state index in [2.05, 4.69) is 20.5 Å². The van der Waals surface area contributed by atoms with Crippen LogP contribution in [-0.2, 0) is 10.1 Å². The predicted molar refractivity (Wildman–Crippen MR) is 121 cm³/mol. The van der Waals surface area contributed by atoms with E-state index >= 15 is 0 Å². The van der Waals surface area contributed by atoms with Crippen molar-refractivity contribution in [3.63, 3.8) is 0 Å². The van der Waals surface area contributed by atoms with Crippen molar-refractivity contribution in [1.82, 2.24) is 0 Å². The number of aromatic hydroxyl groups is 1. The number of hydrogen-bond acceptors (Lipinski definition) is 7. The Morgan fingerprint density at radius 3 is 2.00 bits per heavy atom. The minimum Gasteiger partial charge on any atom is -0.508 e. The van der Waals surface area contributed by atoms with Gasteiger partial charge in [0.15, 0.2) is 0 Å². The number of rotatable bonds is 5. The molecule has 0 unspecified atom stereocenters. The molecule has 0 atom stereocenters. The van der Waals surface area contributed by atoms with Crippen molar-refractivity contribution < 1.29 is 18.1 Å². The second-order valence-electron chi connectivity index (χ2n) is 6.99. The fourth-order valence-electron chi connectivity index (χ4n) is 3.05. The molecule has 0 heterocycles. The van der Waals surface area contributed by atoms with Crippen LogP contribution in [0.25, 0.3) is 10.8 Å². The van der Waals surface area contributed by atoms with Gasteiger partial charge in [-0.05, 0) is 67.1 Å². The highest BCUT2D eigenvalue weighted by Gasteiger charge is 2.14. The molecule has 4 aromatic rings. The molecule has 4 rings (SSSR count). The van der Waals surface area contributed by atoms with Crippen molar-refractivity contribution in [2.75, 3.05) is 0 Å². The summed E-state index contributed by atoms with van der Waals surface area (Å²) < 4.78 is 32.8. The smallest absolute Gasteiger partial charge is 0.294 e. The number of azo groups is 2. The molecule has 0 saturated carbocycles. The maximum absolute atomic E-state index is 11.7. The van der Waals surface area contributed by atoms with Crippen molar-refractivity contribution in [2.45, 2.75) is 11.8 Å². The highest BCUT2D eigenvalue weighted by atomic mass is 32.2. The summed E-state index contributed by atoms with van der Waals surface area (Å²) >= 11 is 0. The molecule has 32 heavy (non-hydrogen) atoms. The van der Waals surface area contributed by atoms with E-state index < -0.39 is 10.1 Å². The minimum absolute atomic E-state index is 0.121. The van der Waals surface area contributed by atoms with Crippen molar-refractivity contribution in [3.05, 3.63) is 84.4 Å². The van der Waals surface area contributed by atoms with Crippen LogP contribution < -0.4 is 0 Å². The van der Waals surface area contributed by atoms with Gasteiger partial charge in [0.05, 0.1) is 27.6 Å². The van der Waals surface area contributed by atoms with Crippen molar-refractivity contribution in [2.24, 2.45) is 20.5 Å². The van der Waals surface area contributed by atoms with Gasteiger partial charge in [-0.2, -0.15) is 18.6 Å². The zero-order chi connectivity index (χ0) is 22.7. The molecular formula is C23H18N4O4S. The summed E-state index contributed by atoms with van der Waals surface area (Å²) in [5, 5.41) is 27.4. The summed E-state index contributed by atoms with van der Waals surface area (Å²) in [6.07, 6.45) is 0. The van der Waals surface area contributed by atoms with Gasteiger partial charge in [0.1, 0.15) is 5.75 Å². The van der Waals surface area contributed by atoms with Gasteiger partial charge in [0.25, 0.3) is 10.1 Å². The zero-order valence-corrected chi connectivity index (χ0v) is 17.7. The Morgan fingerprint density at radius 2 is 1.31 bits per heavy atom. The lowest BCUT2D eigenvalue weighted by molar-refractivity contribution is 0.475. The van der Waals surface area contributed by atoms with E-state index in [1.165, 1.54) is 30.3 Å². The summed E-state index contributed by atoms with van der Waals surface area (Å²) in [6, 6.07) is 21.2. The van der Waals surface area contributed by atoms with E-state index in [4.69, 9.17) is 0 Å². The second kappa shape index (κ2) is 8.66. The average molecular weight is 446 g/mol. The van der Waals surface area contributed by atoms with Crippen LogP contribution in [0.1, 0.15) is 5.56 Å². The fourth-order valence-corrected chi connectivity index (χ4v) is 3.55. The van der Waals surface area contributed by atoms with E-state index in [1.807, 2.05) is 31.2 Å². The molecule has 9 heteroatoms. The first kappa shape index (κ1) is 21.3. The molecule has 0 aliphatic rings. The molecule has 0 aliphatic heterocycles. The maximum atomic E-state index is 11.7. The molecule has 0 spiro atoms. The molecule has 4 aromatic carbocycles. The first-order chi connectivity index (χ1) is 15.3. The number of hydrogen-bond donors (Lipinski definition) is 2. The van der Waals surface area contributed by atoms with Crippen LogP contribution in [-0.4, -0.2) is 18.1 Å². The Bertz CT molecular complexity index is 1460. The molecule has 0 aromatic heterocycles. The molecule has 0 radical (unpaired) electrons. The van der Waals surface area contributed by atoms with Crippen molar-refractivity contribution in [3.8, 4) is 5.75 Å². The van der Waals surface area contributed by atoms with E-state index in [0.29, 0.717) is 33.5 Å². The highest BCUT2D eigenvalue weighted by Crippen LogP contribution is 2.37. The third-order valence-electron chi connectivity index (χ3n) is 4.74.